The van der Waals surface area contributed by atoms with Crippen molar-refractivity contribution in [1.82, 2.24) is 0 Å². The number of carboxylic acid groups (broad SMARTS) is 1. The van der Waals surface area contributed by atoms with Crippen molar-refractivity contribution in [3.8, 4) is 0 Å². The fourth-order valence-corrected chi connectivity index (χ4v) is 3.68. The molecule has 0 aromatic heterocycles. The number of carboxylic acids is 1. The number of sulfone groups is 1. The Morgan fingerprint density at radius 1 is 1.62 bits per heavy atom. The van der Waals surface area contributed by atoms with Gasteiger partial charge in [0.05, 0.1) is 16.9 Å². The first kappa shape index (κ1) is 10.2. The number of allylic oxidation sites excluding steroid dienone is 1. The van der Waals surface area contributed by atoms with Gasteiger partial charge in [-0.3, -0.25) is 4.79 Å². The van der Waals surface area contributed by atoms with Gasteiger partial charge in [-0.15, -0.1) is 6.58 Å². The van der Waals surface area contributed by atoms with Crippen LogP contribution in [0.5, 0.6) is 0 Å². The second-order valence-electron chi connectivity index (χ2n) is 3.42. The van der Waals surface area contributed by atoms with E-state index < -0.39 is 21.2 Å². The standard InChI is InChI=1S/C8H12O4S/c1-2-3-8(7(9)10)4-5-13(11,12)6-8/h2H,1,3-6H2,(H,9,10). The molecule has 4 nitrogen and oxygen atoms in total. The van der Waals surface area contributed by atoms with Crippen molar-refractivity contribution in [2.75, 3.05) is 11.5 Å². The summed E-state index contributed by atoms with van der Waals surface area (Å²) in [5.41, 5.74) is -1.11. The van der Waals surface area contributed by atoms with E-state index in [0.717, 1.165) is 0 Å². The van der Waals surface area contributed by atoms with Gasteiger partial charge in [0.2, 0.25) is 0 Å². The van der Waals surface area contributed by atoms with Gasteiger partial charge < -0.3 is 5.11 Å². The van der Waals surface area contributed by atoms with Crippen LogP contribution in [-0.4, -0.2) is 31.0 Å². The molecule has 1 aliphatic heterocycles. The van der Waals surface area contributed by atoms with E-state index in [1.54, 1.807) is 0 Å². The van der Waals surface area contributed by atoms with E-state index in [-0.39, 0.29) is 24.3 Å². The minimum Gasteiger partial charge on any atom is -0.481 e. The lowest BCUT2D eigenvalue weighted by atomic mass is 9.84. The van der Waals surface area contributed by atoms with E-state index >= 15 is 0 Å². The van der Waals surface area contributed by atoms with Crippen molar-refractivity contribution in [2.45, 2.75) is 12.8 Å². The van der Waals surface area contributed by atoms with Crippen LogP contribution in [0.1, 0.15) is 12.8 Å². The maximum absolute atomic E-state index is 11.1. The molecule has 0 aliphatic carbocycles. The topological polar surface area (TPSA) is 71.4 Å². The highest BCUT2D eigenvalue weighted by molar-refractivity contribution is 7.91. The molecule has 0 radical (unpaired) electrons. The summed E-state index contributed by atoms with van der Waals surface area (Å²) < 4.78 is 22.3. The van der Waals surface area contributed by atoms with Gasteiger partial charge in [0.15, 0.2) is 9.84 Å². The van der Waals surface area contributed by atoms with Crippen LogP contribution in [0.25, 0.3) is 0 Å². The van der Waals surface area contributed by atoms with Crippen LogP contribution >= 0.6 is 0 Å². The van der Waals surface area contributed by atoms with E-state index in [0.29, 0.717) is 0 Å². The quantitative estimate of drug-likeness (QED) is 0.677. The summed E-state index contributed by atoms with van der Waals surface area (Å²) in [6, 6.07) is 0. The summed E-state index contributed by atoms with van der Waals surface area (Å²) in [7, 11) is -3.15. The smallest absolute Gasteiger partial charge is 0.311 e. The van der Waals surface area contributed by atoms with Crippen LogP contribution in [-0.2, 0) is 14.6 Å². The van der Waals surface area contributed by atoms with Gasteiger partial charge in [-0.1, -0.05) is 6.08 Å². The number of rotatable bonds is 3. The molecule has 1 atom stereocenters. The van der Waals surface area contributed by atoms with Crippen molar-refractivity contribution < 1.29 is 18.3 Å². The molecule has 0 bridgehead atoms. The Balaban J connectivity index is 2.96. The number of aliphatic carboxylic acids is 1. The van der Waals surface area contributed by atoms with Crippen LogP contribution in [0.15, 0.2) is 12.7 Å². The molecule has 74 valence electrons. The fourth-order valence-electron chi connectivity index (χ4n) is 1.61. The highest BCUT2D eigenvalue weighted by atomic mass is 32.2. The molecule has 5 heteroatoms. The Morgan fingerprint density at radius 2 is 2.23 bits per heavy atom. The van der Waals surface area contributed by atoms with Crippen LogP contribution in [0, 0.1) is 5.41 Å². The minimum absolute atomic E-state index is 0.0207. The Labute approximate surface area is 77.2 Å². The third-order valence-corrected chi connectivity index (χ3v) is 4.20. The lowest BCUT2D eigenvalue weighted by Gasteiger charge is -2.19. The van der Waals surface area contributed by atoms with Crippen molar-refractivity contribution in [3.05, 3.63) is 12.7 Å². The van der Waals surface area contributed by atoms with E-state index in [9.17, 15) is 13.2 Å². The van der Waals surface area contributed by atoms with Gasteiger partial charge in [-0.25, -0.2) is 8.42 Å². The normalized spacial score (nSPS) is 31.4. The fraction of sp³-hybridized carbons (Fsp3) is 0.625. The maximum atomic E-state index is 11.1. The van der Waals surface area contributed by atoms with Crippen LogP contribution in [0.3, 0.4) is 0 Å². The van der Waals surface area contributed by atoms with Crippen molar-refractivity contribution in [3.63, 3.8) is 0 Å². The summed E-state index contributed by atoms with van der Waals surface area (Å²) in [5.74, 6) is -1.30. The molecule has 0 amide bonds. The van der Waals surface area contributed by atoms with Crippen LogP contribution in [0.2, 0.25) is 0 Å². The number of hydrogen-bond acceptors (Lipinski definition) is 3. The minimum atomic E-state index is -3.15. The average molecular weight is 204 g/mol. The van der Waals surface area contributed by atoms with E-state index in [4.69, 9.17) is 5.11 Å². The third kappa shape index (κ3) is 1.91. The molecule has 1 aliphatic rings. The molecule has 13 heavy (non-hydrogen) atoms. The second-order valence-corrected chi connectivity index (χ2v) is 5.60. The lowest BCUT2D eigenvalue weighted by molar-refractivity contribution is -0.147. The maximum Gasteiger partial charge on any atom is 0.311 e. The Bertz CT molecular complexity index is 330. The molecule has 1 rings (SSSR count). The summed E-state index contributed by atoms with van der Waals surface area (Å²) in [4.78, 5) is 10.9. The zero-order valence-electron chi connectivity index (χ0n) is 7.19. The molecule has 0 saturated carbocycles. The van der Waals surface area contributed by atoms with Gasteiger partial charge in [-0.2, -0.15) is 0 Å². The first-order valence-electron chi connectivity index (χ1n) is 3.97. The van der Waals surface area contributed by atoms with Gasteiger partial charge in [-0.05, 0) is 12.8 Å². The molecule has 0 spiro atoms. The molecule has 0 aromatic carbocycles. The average Bonchev–Trinajstić information content (AvgIpc) is 2.28. The summed E-state index contributed by atoms with van der Waals surface area (Å²) >= 11 is 0. The van der Waals surface area contributed by atoms with E-state index in [1.165, 1.54) is 6.08 Å². The third-order valence-electron chi connectivity index (χ3n) is 2.38. The van der Waals surface area contributed by atoms with Crippen molar-refractivity contribution >= 4 is 15.8 Å². The Hall–Kier alpha value is -0.840. The van der Waals surface area contributed by atoms with Crippen molar-refractivity contribution in [1.29, 1.82) is 0 Å². The first-order valence-corrected chi connectivity index (χ1v) is 5.79. The number of hydrogen-bond donors (Lipinski definition) is 1. The summed E-state index contributed by atoms with van der Waals surface area (Å²) in [6.07, 6.45) is 1.90. The lowest BCUT2D eigenvalue weighted by Crippen LogP contribution is -2.31. The highest BCUT2D eigenvalue weighted by Crippen LogP contribution is 2.36. The molecule has 1 heterocycles. The molecular formula is C8H12O4S. The zero-order valence-corrected chi connectivity index (χ0v) is 8.01. The molecule has 1 fully saturated rings. The van der Waals surface area contributed by atoms with Crippen molar-refractivity contribution in [2.24, 2.45) is 5.41 Å². The zero-order chi connectivity index (χ0) is 10.1. The SMILES string of the molecule is C=CCC1(C(=O)O)CCS(=O)(=O)C1. The van der Waals surface area contributed by atoms with Gasteiger partial charge >= 0.3 is 5.97 Å². The molecular weight excluding hydrogens is 192 g/mol. The summed E-state index contributed by atoms with van der Waals surface area (Å²) in [6.45, 7) is 3.44. The first-order chi connectivity index (χ1) is 5.92. The van der Waals surface area contributed by atoms with E-state index in [2.05, 4.69) is 6.58 Å². The molecule has 1 unspecified atom stereocenters. The number of carbonyl (C=O) groups is 1. The summed E-state index contributed by atoms with van der Waals surface area (Å²) in [5, 5.41) is 8.91. The Kier molecular flexibility index (Phi) is 2.47. The predicted octanol–water partition coefficient (Wildman–Crippen LogP) is 0.452. The molecule has 1 saturated heterocycles. The monoisotopic (exact) mass is 204 g/mol. The van der Waals surface area contributed by atoms with Crippen LogP contribution in [0.4, 0.5) is 0 Å². The Morgan fingerprint density at radius 3 is 2.54 bits per heavy atom. The predicted molar refractivity (Wildman–Crippen MR) is 48.2 cm³/mol. The largest absolute Gasteiger partial charge is 0.481 e. The van der Waals surface area contributed by atoms with E-state index in [1.807, 2.05) is 0 Å². The van der Waals surface area contributed by atoms with Gasteiger partial charge in [0, 0.05) is 0 Å². The molecule has 1 N–H and O–H groups in total. The van der Waals surface area contributed by atoms with Gasteiger partial charge in [0.25, 0.3) is 0 Å². The second kappa shape index (κ2) is 3.14. The van der Waals surface area contributed by atoms with Gasteiger partial charge in [0.1, 0.15) is 0 Å². The molecule has 0 aromatic rings. The van der Waals surface area contributed by atoms with Crippen LogP contribution < -0.4 is 0 Å². The highest BCUT2D eigenvalue weighted by Gasteiger charge is 2.47.